The smallest absolute Gasteiger partial charge is 0.151 e. The van der Waals surface area contributed by atoms with Crippen molar-refractivity contribution in [3.05, 3.63) is 64.7 Å². The van der Waals surface area contributed by atoms with Crippen LogP contribution in [0.3, 0.4) is 0 Å². The van der Waals surface area contributed by atoms with Crippen molar-refractivity contribution >= 4 is 54.6 Å². The van der Waals surface area contributed by atoms with Gasteiger partial charge in [0.05, 0.1) is 31.5 Å². The molecule has 6 nitrogen and oxygen atoms in total. The van der Waals surface area contributed by atoms with Crippen LogP contribution in [0.1, 0.15) is 24.3 Å². The molecule has 0 aliphatic carbocycles. The van der Waals surface area contributed by atoms with Crippen LogP contribution in [-0.2, 0) is 5.60 Å². The zero-order valence-corrected chi connectivity index (χ0v) is 18.8. The summed E-state index contributed by atoms with van der Waals surface area (Å²) in [6, 6.07) is 13.8. The maximum atomic E-state index is 10.3. The molecule has 0 amide bonds. The number of hydrogen-bond donors (Lipinski definition) is 2. The first-order valence-electron chi connectivity index (χ1n) is 9.73. The van der Waals surface area contributed by atoms with Crippen molar-refractivity contribution < 1.29 is 9.84 Å². The van der Waals surface area contributed by atoms with E-state index in [1.54, 1.807) is 25.2 Å². The third kappa shape index (κ3) is 3.97. The van der Waals surface area contributed by atoms with Gasteiger partial charge < -0.3 is 15.2 Å². The topological polar surface area (TPSA) is 80.2 Å². The first-order valence-corrected chi connectivity index (χ1v) is 11.4. The van der Waals surface area contributed by atoms with Crippen LogP contribution < -0.4 is 10.1 Å². The van der Waals surface area contributed by atoms with Gasteiger partial charge >= 0.3 is 0 Å². The highest BCUT2D eigenvalue weighted by atomic mass is 32.1. The molecule has 0 radical (unpaired) electrons. The third-order valence-corrected chi connectivity index (χ3v) is 7.14. The Labute approximate surface area is 187 Å². The predicted molar refractivity (Wildman–Crippen MR) is 127 cm³/mol. The summed E-state index contributed by atoms with van der Waals surface area (Å²) in [6.07, 6.45) is 1.53. The fourth-order valence-electron chi connectivity index (χ4n) is 3.25. The number of aryl methyl sites for hydroxylation is 1. The van der Waals surface area contributed by atoms with Crippen LogP contribution in [0.5, 0.6) is 11.5 Å². The van der Waals surface area contributed by atoms with Crippen LogP contribution in [0.4, 0.5) is 11.5 Å². The molecule has 0 aliphatic heterocycles. The van der Waals surface area contributed by atoms with Crippen molar-refractivity contribution in [3.8, 4) is 11.5 Å². The highest BCUT2D eigenvalue weighted by Crippen LogP contribution is 2.36. The Morgan fingerprint density at radius 1 is 1.00 bits per heavy atom. The van der Waals surface area contributed by atoms with E-state index in [2.05, 4.69) is 20.3 Å². The SMILES string of the molecule is Cc1cc(Nc2ncnc3cc(C(C)(C)O)sc23)ccc1Oc1ccc2scnc2c1. The molecule has 0 spiro atoms. The van der Waals surface area contributed by atoms with Crippen molar-refractivity contribution in [3.63, 3.8) is 0 Å². The minimum atomic E-state index is -0.917. The number of nitrogens with zero attached hydrogens (tertiary/aromatic N) is 3. The lowest BCUT2D eigenvalue weighted by atomic mass is 10.1. The highest BCUT2D eigenvalue weighted by molar-refractivity contribution is 7.19. The standard InChI is InChI=1S/C23H20N4O2S2/c1-13-8-14(4-6-18(13)29-15-5-7-19-16(9-15)26-12-30-19)27-22-21-17(24-11-25-22)10-20(31-21)23(2,3)28/h4-12,28H,1-3H3,(H,24,25,27). The van der Waals surface area contributed by atoms with Gasteiger partial charge in [-0.05, 0) is 62.7 Å². The Morgan fingerprint density at radius 3 is 2.68 bits per heavy atom. The molecular formula is C23H20N4O2S2. The maximum Gasteiger partial charge on any atom is 0.151 e. The molecule has 0 unspecified atom stereocenters. The van der Waals surface area contributed by atoms with Crippen molar-refractivity contribution in [2.24, 2.45) is 0 Å². The average Bonchev–Trinajstić information content (AvgIpc) is 3.37. The fourth-order valence-corrected chi connectivity index (χ4v) is 4.97. The van der Waals surface area contributed by atoms with Gasteiger partial charge in [-0.15, -0.1) is 22.7 Å². The molecule has 156 valence electrons. The second-order valence-electron chi connectivity index (χ2n) is 7.80. The number of thiophene rings is 1. The van der Waals surface area contributed by atoms with Crippen molar-refractivity contribution in [2.75, 3.05) is 5.32 Å². The molecule has 0 saturated carbocycles. The normalized spacial score (nSPS) is 11.9. The van der Waals surface area contributed by atoms with Crippen LogP contribution in [0.15, 0.2) is 54.3 Å². The summed E-state index contributed by atoms with van der Waals surface area (Å²) in [5.74, 6) is 2.26. The van der Waals surface area contributed by atoms with E-state index in [1.807, 2.05) is 54.9 Å². The van der Waals surface area contributed by atoms with Crippen LogP contribution in [0.25, 0.3) is 20.4 Å². The van der Waals surface area contributed by atoms with Gasteiger partial charge in [0.15, 0.2) is 5.82 Å². The molecule has 0 bridgehead atoms. The number of aliphatic hydroxyl groups is 1. The number of rotatable bonds is 5. The van der Waals surface area contributed by atoms with E-state index in [1.165, 1.54) is 17.7 Å². The van der Waals surface area contributed by atoms with Crippen LogP contribution in [0, 0.1) is 6.92 Å². The molecule has 31 heavy (non-hydrogen) atoms. The van der Waals surface area contributed by atoms with Crippen LogP contribution in [0.2, 0.25) is 0 Å². The molecule has 3 aromatic heterocycles. The van der Waals surface area contributed by atoms with Gasteiger partial charge in [0.1, 0.15) is 17.8 Å². The summed E-state index contributed by atoms with van der Waals surface area (Å²) in [5, 5.41) is 13.7. The Kier molecular flexibility index (Phi) is 4.85. The lowest BCUT2D eigenvalue weighted by Gasteiger charge is -2.13. The van der Waals surface area contributed by atoms with Gasteiger partial charge in [-0.1, -0.05) is 0 Å². The number of benzene rings is 2. The van der Waals surface area contributed by atoms with E-state index in [0.29, 0.717) is 5.82 Å². The molecule has 8 heteroatoms. The summed E-state index contributed by atoms with van der Waals surface area (Å²) >= 11 is 3.11. The third-order valence-electron chi connectivity index (χ3n) is 4.88. The molecule has 0 fully saturated rings. The highest BCUT2D eigenvalue weighted by Gasteiger charge is 2.21. The molecule has 2 aromatic carbocycles. The van der Waals surface area contributed by atoms with E-state index < -0.39 is 5.60 Å². The van der Waals surface area contributed by atoms with Crippen LogP contribution >= 0.6 is 22.7 Å². The minimum Gasteiger partial charge on any atom is -0.457 e. The summed E-state index contributed by atoms with van der Waals surface area (Å²) in [7, 11) is 0. The summed E-state index contributed by atoms with van der Waals surface area (Å²) < 4.78 is 8.14. The first kappa shape index (κ1) is 19.9. The van der Waals surface area contributed by atoms with E-state index >= 15 is 0 Å². The van der Waals surface area contributed by atoms with E-state index in [4.69, 9.17) is 4.74 Å². The molecule has 0 aliphatic rings. The Morgan fingerprint density at radius 2 is 1.87 bits per heavy atom. The summed E-state index contributed by atoms with van der Waals surface area (Å²) in [6.45, 7) is 5.55. The zero-order chi connectivity index (χ0) is 21.6. The fraction of sp³-hybridized carbons (Fsp3) is 0.174. The summed E-state index contributed by atoms with van der Waals surface area (Å²) in [5.41, 5.74) is 4.57. The van der Waals surface area contributed by atoms with Gasteiger partial charge in [0.25, 0.3) is 0 Å². The van der Waals surface area contributed by atoms with Crippen molar-refractivity contribution in [1.82, 2.24) is 15.0 Å². The predicted octanol–water partition coefficient (Wildman–Crippen LogP) is 6.37. The molecule has 0 atom stereocenters. The lowest BCUT2D eigenvalue weighted by Crippen LogP contribution is -2.12. The second-order valence-corrected chi connectivity index (χ2v) is 9.73. The molecule has 5 rings (SSSR count). The Bertz CT molecular complexity index is 1400. The van der Waals surface area contributed by atoms with Crippen molar-refractivity contribution in [2.45, 2.75) is 26.4 Å². The van der Waals surface area contributed by atoms with Crippen molar-refractivity contribution in [1.29, 1.82) is 0 Å². The number of nitrogens with one attached hydrogen (secondary N) is 1. The van der Waals surface area contributed by atoms with E-state index in [-0.39, 0.29) is 0 Å². The maximum absolute atomic E-state index is 10.3. The number of anilines is 2. The molecule has 2 N–H and O–H groups in total. The Balaban J connectivity index is 1.40. The monoisotopic (exact) mass is 448 g/mol. The average molecular weight is 449 g/mol. The second kappa shape index (κ2) is 7.56. The van der Waals surface area contributed by atoms with E-state index in [0.717, 1.165) is 48.1 Å². The summed E-state index contributed by atoms with van der Waals surface area (Å²) in [4.78, 5) is 13.9. The Hall–Kier alpha value is -3.07. The largest absolute Gasteiger partial charge is 0.457 e. The molecular weight excluding hydrogens is 428 g/mol. The quantitative estimate of drug-likeness (QED) is 0.325. The molecule has 3 heterocycles. The lowest BCUT2D eigenvalue weighted by molar-refractivity contribution is 0.0826. The molecule has 5 aromatic rings. The van der Waals surface area contributed by atoms with Gasteiger partial charge in [-0.2, -0.15) is 0 Å². The first-order chi connectivity index (χ1) is 14.9. The number of hydrogen-bond acceptors (Lipinski definition) is 8. The van der Waals surface area contributed by atoms with Crippen LogP contribution in [-0.4, -0.2) is 20.1 Å². The number of aromatic nitrogens is 3. The van der Waals surface area contributed by atoms with Gasteiger partial charge in [0.2, 0.25) is 0 Å². The number of fused-ring (bicyclic) bond motifs is 2. The van der Waals surface area contributed by atoms with Gasteiger partial charge in [-0.25, -0.2) is 15.0 Å². The minimum absolute atomic E-state index is 0.715. The molecule has 0 saturated heterocycles. The zero-order valence-electron chi connectivity index (χ0n) is 17.2. The van der Waals surface area contributed by atoms with E-state index in [9.17, 15) is 5.11 Å². The number of thiazole rings is 1. The van der Waals surface area contributed by atoms with Gasteiger partial charge in [-0.3, -0.25) is 0 Å². The number of ether oxygens (including phenoxy) is 1. The van der Waals surface area contributed by atoms with Gasteiger partial charge in [0, 0.05) is 16.6 Å².